The lowest BCUT2D eigenvalue weighted by Crippen LogP contribution is -2.28. The summed E-state index contributed by atoms with van der Waals surface area (Å²) in [6.45, 7) is 0. The Labute approximate surface area is 263 Å². The Hall–Kier alpha value is -6.01. The molecule has 6 aromatic carbocycles. The van der Waals surface area contributed by atoms with Crippen LogP contribution in [0.3, 0.4) is 0 Å². The molecule has 7 rings (SSSR count). The number of nitrogens with zero attached hydrogens (tertiary/aromatic N) is 3. The van der Waals surface area contributed by atoms with E-state index in [0.717, 1.165) is 46.6 Å². The monoisotopic (exact) mass is 579 g/mol. The minimum Gasteiger partial charge on any atom is -0.399 e. The van der Waals surface area contributed by atoms with Crippen LogP contribution in [0.15, 0.2) is 158 Å². The number of nitrogens with one attached hydrogen (secondary N) is 1. The van der Waals surface area contributed by atoms with E-state index in [1.807, 2.05) is 72.8 Å². The fourth-order valence-corrected chi connectivity index (χ4v) is 5.30. The normalized spacial score (nSPS) is 10.8. The first-order valence-corrected chi connectivity index (χ1v) is 15.0. The van der Waals surface area contributed by atoms with E-state index < -0.39 is 0 Å². The Bertz CT molecular complexity index is 1970. The molecule has 0 unspecified atom stereocenters. The molecule has 45 heavy (non-hydrogen) atoms. The van der Waals surface area contributed by atoms with Gasteiger partial charge in [-0.05, 0) is 53.6 Å². The number of aromatic nitrogens is 3. The zero-order valence-electron chi connectivity index (χ0n) is 24.6. The lowest BCUT2D eigenvalue weighted by molar-refractivity contribution is 1.07. The number of nitrogens with two attached hydrogens (primary N) is 1. The van der Waals surface area contributed by atoms with Crippen LogP contribution >= 0.6 is 0 Å². The fraction of sp³-hybridized carbons (Fsp3) is 0. The van der Waals surface area contributed by atoms with E-state index in [2.05, 4.69) is 90.2 Å². The summed E-state index contributed by atoms with van der Waals surface area (Å²) in [4.78, 5) is 14.5. The van der Waals surface area contributed by atoms with Crippen LogP contribution in [0, 0.1) is 0 Å². The van der Waals surface area contributed by atoms with Gasteiger partial charge in [0, 0.05) is 33.8 Å². The molecule has 3 N–H and O–H groups in total. The summed E-state index contributed by atoms with van der Waals surface area (Å²) in [5, 5.41) is 3.62. The predicted octanol–water partition coefficient (Wildman–Crippen LogP) is 7.25. The van der Waals surface area contributed by atoms with E-state index in [9.17, 15) is 0 Å². The van der Waals surface area contributed by atoms with Crippen LogP contribution in [-0.4, -0.2) is 22.2 Å². The molecule has 0 aliphatic rings. The maximum Gasteiger partial charge on any atom is 0.194 e. The summed E-state index contributed by atoms with van der Waals surface area (Å²) in [6, 6.07) is 53.5. The molecular weight excluding hydrogens is 549 g/mol. The lowest BCUT2D eigenvalue weighted by Gasteiger charge is -2.13. The van der Waals surface area contributed by atoms with Gasteiger partial charge in [-0.2, -0.15) is 0 Å². The Kier molecular flexibility index (Phi) is 7.85. The van der Waals surface area contributed by atoms with Crippen LogP contribution in [0.2, 0.25) is 0 Å². The number of hydrogen-bond donors (Lipinski definition) is 2. The van der Waals surface area contributed by atoms with Gasteiger partial charge in [0.2, 0.25) is 0 Å². The van der Waals surface area contributed by atoms with Crippen molar-refractivity contribution in [1.29, 1.82) is 0 Å². The average molecular weight is 580 g/mol. The molecule has 6 heteroatoms. The van der Waals surface area contributed by atoms with Crippen LogP contribution in [0.25, 0.3) is 45.3 Å². The van der Waals surface area contributed by atoms with E-state index in [-0.39, 0.29) is 0 Å². The number of rotatable bonds is 8. The fourth-order valence-electron chi connectivity index (χ4n) is 5.30. The van der Waals surface area contributed by atoms with Crippen molar-refractivity contribution in [3.63, 3.8) is 0 Å². The number of anilines is 3. The first-order chi connectivity index (χ1) is 22.2. The molecule has 214 valence electrons. The largest absolute Gasteiger partial charge is 0.399 e. The highest BCUT2D eigenvalue weighted by Crippen LogP contribution is 2.26. The molecule has 0 radical (unpaired) electrons. The highest BCUT2D eigenvalue weighted by atomic mass is 15.0. The molecule has 0 aliphatic heterocycles. The second-order valence-electron chi connectivity index (χ2n) is 10.9. The third-order valence-corrected chi connectivity index (χ3v) is 7.73. The second-order valence-corrected chi connectivity index (χ2v) is 10.9. The van der Waals surface area contributed by atoms with E-state index in [0.29, 0.717) is 17.5 Å². The Morgan fingerprint density at radius 2 is 0.867 bits per heavy atom. The summed E-state index contributed by atoms with van der Waals surface area (Å²) in [7, 11) is 0.818. The van der Waals surface area contributed by atoms with E-state index in [1.165, 1.54) is 16.5 Å². The molecule has 0 atom stereocenters. The minimum absolute atomic E-state index is 0.636. The van der Waals surface area contributed by atoms with Crippen molar-refractivity contribution in [1.82, 2.24) is 15.0 Å². The first-order valence-electron chi connectivity index (χ1n) is 15.0. The molecule has 0 fully saturated rings. The van der Waals surface area contributed by atoms with Gasteiger partial charge in [-0.15, -0.1) is 0 Å². The average Bonchev–Trinajstić information content (AvgIpc) is 3.11. The number of nitrogen functional groups attached to an aromatic ring is 1. The van der Waals surface area contributed by atoms with Gasteiger partial charge in [-0.25, -0.2) is 15.0 Å². The molecule has 1 heterocycles. The summed E-state index contributed by atoms with van der Waals surface area (Å²) < 4.78 is 0. The third-order valence-electron chi connectivity index (χ3n) is 7.73. The highest BCUT2D eigenvalue weighted by molar-refractivity contribution is 6.68. The summed E-state index contributed by atoms with van der Waals surface area (Å²) in [5.41, 5.74) is 16.3. The van der Waals surface area contributed by atoms with Crippen LogP contribution < -0.4 is 22.0 Å². The summed E-state index contributed by atoms with van der Waals surface area (Å²) >= 11 is 0. The lowest BCUT2D eigenvalue weighted by atomic mass is 9.63. The smallest absolute Gasteiger partial charge is 0.194 e. The SMILES string of the molecule is Nc1ccc(-c2ccc(Bc3ccccc3Nc3ccc(-c4nc(-c5ccccc5)nc(-c5ccccc5)n4)cc3)cc2)cc1. The van der Waals surface area contributed by atoms with Gasteiger partial charge < -0.3 is 11.1 Å². The number of hydrogen-bond acceptors (Lipinski definition) is 5. The topological polar surface area (TPSA) is 76.7 Å². The van der Waals surface area contributed by atoms with Crippen molar-refractivity contribution in [3.05, 3.63) is 158 Å². The Balaban J connectivity index is 1.12. The van der Waals surface area contributed by atoms with Crippen molar-refractivity contribution in [2.45, 2.75) is 0 Å². The standard InChI is InChI=1S/C39H30BN5/c41-33-23-17-28(18-24-33)27-15-21-32(22-16-27)40-35-13-7-8-14-36(35)42-34-25-19-31(20-26-34)39-44-37(29-9-3-1-4-10-29)43-38(45-39)30-11-5-2-6-12-30/h1-26,40,42H,41H2. The van der Waals surface area contributed by atoms with Crippen LogP contribution in [-0.2, 0) is 0 Å². The van der Waals surface area contributed by atoms with Crippen LogP contribution in [0.1, 0.15) is 0 Å². The van der Waals surface area contributed by atoms with Crippen molar-refractivity contribution in [3.8, 4) is 45.3 Å². The van der Waals surface area contributed by atoms with Crippen molar-refractivity contribution < 1.29 is 0 Å². The van der Waals surface area contributed by atoms with E-state index >= 15 is 0 Å². The van der Waals surface area contributed by atoms with Gasteiger partial charge in [0.15, 0.2) is 24.8 Å². The predicted molar refractivity (Wildman–Crippen MR) is 189 cm³/mol. The Morgan fingerprint density at radius 3 is 1.42 bits per heavy atom. The van der Waals surface area contributed by atoms with E-state index in [4.69, 9.17) is 20.7 Å². The van der Waals surface area contributed by atoms with Crippen molar-refractivity contribution in [2.75, 3.05) is 11.1 Å². The second kappa shape index (κ2) is 12.7. The van der Waals surface area contributed by atoms with Gasteiger partial charge in [-0.3, -0.25) is 0 Å². The molecule has 5 nitrogen and oxygen atoms in total. The molecule has 0 saturated heterocycles. The van der Waals surface area contributed by atoms with Crippen LogP contribution in [0.5, 0.6) is 0 Å². The molecule has 0 aliphatic carbocycles. The third kappa shape index (κ3) is 6.50. The maximum absolute atomic E-state index is 5.86. The highest BCUT2D eigenvalue weighted by Gasteiger charge is 2.13. The molecule has 1 aromatic heterocycles. The maximum atomic E-state index is 5.86. The van der Waals surface area contributed by atoms with Gasteiger partial charge in [0.05, 0.1) is 0 Å². The molecule has 0 spiro atoms. The quantitative estimate of drug-likeness (QED) is 0.147. The minimum atomic E-state index is 0.636. The Morgan fingerprint density at radius 1 is 0.422 bits per heavy atom. The zero-order chi connectivity index (χ0) is 30.4. The summed E-state index contributed by atoms with van der Waals surface area (Å²) in [5.74, 6) is 1.94. The first kappa shape index (κ1) is 27.8. The molecule has 0 bridgehead atoms. The van der Waals surface area contributed by atoms with Gasteiger partial charge in [0.25, 0.3) is 0 Å². The molecular formula is C39H30BN5. The number of para-hydroxylation sites is 1. The van der Waals surface area contributed by atoms with Crippen molar-refractivity contribution >= 4 is 35.3 Å². The number of benzene rings is 6. The van der Waals surface area contributed by atoms with E-state index in [1.54, 1.807) is 0 Å². The van der Waals surface area contributed by atoms with Gasteiger partial charge in [-0.1, -0.05) is 126 Å². The summed E-state index contributed by atoms with van der Waals surface area (Å²) in [6.07, 6.45) is 0. The van der Waals surface area contributed by atoms with Gasteiger partial charge in [0.1, 0.15) is 0 Å². The molecule has 0 amide bonds. The molecule has 0 saturated carbocycles. The molecule has 7 aromatic rings. The zero-order valence-corrected chi connectivity index (χ0v) is 24.6. The van der Waals surface area contributed by atoms with Crippen molar-refractivity contribution in [2.24, 2.45) is 0 Å². The van der Waals surface area contributed by atoms with Gasteiger partial charge >= 0.3 is 0 Å². The van der Waals surface area contributed by atoms with Crippen LogP contribution in [0.4, 0.5) is 17.1 Å².